The molecule has 2 aromatic carbocycles. The summed E-state index contributed by atoms with van der Waals surface area (Å²) in [5.41, 5.74) is 3.22. The molecule has 1 aliphatic rings. The lowest BCUT2D eigenvalue weighted by atomic mass is 10.1. The molecule has 0 saturated carbocycles. The van der Waals surface area contributed by atoms with Crippen LogP contribution in [-0.4, -0.2) is 60.0 Å². The molecule has 1 saturated heterocycles. The number of halogens is 1. The second kappa shape index (κ2) is 11.1. The van der Waals surface area contributed by atoms with Crippen molar-refractivity contribution in [2.24, 2.45) is 0 Å². The van der Waals surface area contributed by atoms with Crippen LogP contribution >= 0.6 is 15.9 Å². The predicted molar refractivity (Wildman–Crippen MR) is 131 cm³/mol. The third kappa shape index (κ3) is 5.96. The highest BCUT2D eigenvalue weighted by atomic mass is 79.9. The van der Waals surface area contributed by atoms with Gasteiger partial charge in [-0.05, 0) is 30.3 Å². The summed E-state index contributed by atoms with van der Waals surface area (Å²) in [5, 5.41) is 17.3. The van der Waals surface area contributed by atoms with E-state index in [4.69, 9.17) is 9.84 Å². The van der Waals surface area contributed by atoms with E-state index in [-0.39, 0.29) is 11.5 Å². The Balaban J connectivity index is 1.58. The van der Waals surface area contributed by atoms with Gasteiger partial charge in [0.05, 0.1) is 24.6 Å². The summed E-state index contributed by atoms with van der Waals surface area (Å²) in [5.74, 6) is -0.389. The molecule has 168 valence electrons. The Morgan fingerprint density at radius 2 is 1.88 bits per heavy atom. The number of hydrogen-bond donors (Lipinski definition) is 1. The number of hydrogen-bond acceptors (Lipinski definition) is 5. The van der Waals surface area contributed by atoms with E-state index < -0.39 is 0 Å². The third-order valence-electron chi connectivity index (χ3n) is 5.36. The minimum absolute atomic E-state index is 0.0444. The Hall–Kier alpha value is -3.25. The topological polar surface area (TPSA) is 83.2 Å². The lowest BCUT2D eigenvalue weighted by Gasteiger charge is -2.26. The minimum Gasteiger partial charge on any atom is -0.379 e. The van der Waals surface area contributed by atoms with E-state index in [0.717, 1.165) is 35.4 Å². The zero-order valence-corrected chi connectivity index (χ0v) is 19.7. The number of carbonyl (C=O) groups is 1. The zero-order chi connectivity index (χ0) is 23.0. The molecule has 8 heteroatoms. The van der Waals surface area contributed by atoms with Crippen LogP contribution in [0.15, 0.2) is 70.8 Å². The first kappa shape index (κ1) is 22.9. The van der Waals surface area contributed by atoms with Crippen molar-refractivity contribution in [1.82, 2.24) is 20.0 Å². The van der Waals surface area contributed by atoms with Gasteiger partial charge < -0.3 is 10.1 Å². The number of ether oxygens (including phenoxy) is 1. The van der Waals surface area contributed by atoms with Crippen LogP contribution in [0, 0.1) is 11.3 Å². The number of benzene rings is 2. The average Bonchev–Trinajstić information content (AvgIpc) is 3.28. The molecule has 0 aliphatic carbocycles. The number of amides is 1. The van der Waals surface area contributed by atoms with E-state index in [1.54, 1.807) is 10.8 Å². The number of carbonyl (C=O) groups excluding carboxylic acids is 1. The minimum atomic E-state index is -0.389. The van der Waals surface area contributed by atoms with Crippen molar-refractivity contribution in [3.8, 4) is 23.0 Å². The monoisotopic (exact) mass is 505 g/mol. The van der Waals surface area contributed by atoms with Crippen LogP contribution in [0.5, 0.6) is 0 Å². The van der Waals surface area contributed by atoms with Crippen molar-refractivity contribution < 1.29 is 9.53 Å². The molecule has 1 N–H and O–H groups in total. The molecular weight excluding hydrogens is 482 g/mol. The number of morpholine rings is 1. The standard InChI is InChI=1S/C25H24BrN5O2/c26-22-8-6-19(7-9-22)24-21(18-31(29-24)23-4-2-1-3-5-23)16-20(17-27)25(32)28-10-11-30-12-14-33-15-13-30/h1-9,16,18H,10-15H2,(H,28,32). The molecule has 1 amide bonds. The highest BCUT2D eigenvalue weighted by Crippen LogP contribution is 2.27. The number of para-hydroxylation sites is 1. The van der Waals surface area contributed by atoms with Crippen molar-refractivity contribution in [3.05, 3.63) is 76.4 Å². The highest BCUT2D eigenvalue weighted by Gasteiger charge is 2.16. The van der Waals surface area contributed by atoms with E-state index in [0.29, 0.717) is 31.0 Å². The summed E-state index contributed by atoms with van der Waals surface area (Å²) in [6.45, 7) is 4.33. The molecule has 0 radical (unpaired) electrons. The van der Waals surface area contributed by atoms with Gasteiger partial charge in [-0.15, -0.1) is 0 Å². The van der Waals surface area contributed by atoms with E-state index in [1.165, 1.54) is 0 Å². The van der Waals surface area contributed by atoms with Gasteiger partial charge in [0.25, 0.3) is 5.91 Å². The second-order valence-corrected chi connectivity index (χ2v) is 8.52. The van der Waals surface area contributed by atoms with Crippen LogP contribution in [-0.2, 0) is 9.53 Å². The Kier molecular flexibility index (Phi) is 7.68. The fraction of sp³-hybridized carbons (Fsp3) is 0.240. The fourth-order valence-electron chi connectivity index (χ4n) is 3.59. The van der Waals surface area contributed by atoms with Crippen LogP contribution in [0.1, 0.15) is 5.56 Å². The van der Waals surface area contributed by atoms with Gasteiger partial charge in [-0.25, -0.2) is 4.68 Å². The van der Waals surface area contributed by atoms with Crippen molar-refractivity contribution in [1.29, 1.82) is 5.26 Å². The number of aromatic nitrogens is 2. The molecule has 4 rings (SSSR count). The van der Waals surface area contributed by atoms with Crippen LogP contribution in [0.2, 0.25) is 0 Å². The molecule has 2 heterocycles. The molecule has 0 spiro atoms. The molecule has 3 aromatic rings. The van der Waals surface area contributed by atoms with Crippen LogP contribution in [0.4, 0.5) is 0 Å². The maximum atomic E-state index is 12.7. The molecule has 33 heavy (non-hydrogen) atoms. The summed E-state index contributed by atoms with van der Waals surface area (Å²) in [6.07, 6.45) is 3.44. The first-order valence-corrected chi connectivity index (χ1v) is 11.5. The molecule has 7 nitrogen and oxygen atoms in total. The Bertz CT molecular complexity index is 1160. The van der Waals surface area contributed by atoms with Gasteiger partial charge in [0.1, 0.15) is 11.6 Å². The maximum absolute atomic E-state index is 12.7. The Morgan fingerprint density at radius 3 is 2.58 bits per heavy atom. The number of nitrogens with zero attached hydrogens (tertiary/aromatic N) is 4. The lowest BCUT2D eigenvalue weighted by Crippen LogP contribution is -2.41. The molecule has 1 aromatic heterocycles. The Morgan fingerprint density at radius 1 is 1.15 bits per heavy atom. The second-order valence-electron chi connectivity index (χ2n) is 7.60. The summed E-state index contributed by atoms with van der Waals surface area (Å²) >= 11 is 3.46. The van der Waals surface area contributed by atoms with E-state index in [9.17, 15) is 10.1 Å². The van der Waals surface area contributed by atoms with Gasteiger partial charge in [-0.3, -0.25) is 9.69 Å². The number of nitrogens with one attached hydrogen (secondary N) is 1. The van der Waals surface area contributed by atoms with Crippen molar-refractivity contribution in [2.75, 3.05) is 39.4 Å². The van der Waals surface area contributed by atoms with Gasteiger partial charge in [0, 0.05) is 48.0 Å². The first-order valence-electron chi connectivity index (χ1n) is 10.7. The molecule has 0 atom stereocenters. The molecule has 1 fully saturated rings. The smallest absolute Gasteiger partial charge is 0.262 e. The summed E-state index contributed by atoms with van der Waals surface area (Å²) < 4.78 is 8.07. The largest absolute Gasteiger partial charge is 0.379 e. The summed E-state index contributed by atoms with van der Waals surface area (Å²) in [6, 6.07) is 19.6. The lowest BCUT2D eigenvalue weighted by molar-refractivity contribution is -0.117. The molecule has 0 unspecified atom stereocenters. The quantitative estimate of drug-likeness (QED) is 0.391. The van der Waals surface area contributed by atoms with Crippen molar-refractivity contribution >= 4 is 27.9 Å². The van der Waals surface area contributed by atoms with Gasteiger partial charge in [-0.2, -0.15) is 10.4 Å². The van der Waals surface area contributed by atoms with E-state index in [2.05, 4.69) is 26.1 Å². The van der Waals surface area contributed by atoms with Crippen molar-refractivity contribution in [2.45, 2.75) is 0 Å². The average molecular weight is 506 g/mol. The fourth-order valence-corrected chi connectivity index (χ4v) is 3.85. The summed E-state index contributed by atoms with van der Waals surface area (Å²) in [4.78, 5) is 14.9. The zero-order valence-electron chi connectivity index (χ0n) is 18.1. The third-order valence-corrected chi connectivity index (χ3v) is 5.89. The first-order chi connectivity index (χ1) is 16.1. The normalized spacial score (nSPS) is 14.6. The SMILES string of the molecule is N#CC(=Cc1cn(-c2ccccc2)nc1-c1ccc(Br)cc1)C(=O)NCCN1CCOCC1. The Labute approximate surface area is 201 Å². The van der Waals surface area contributed by atoms with Crippen LogP contribution in [0.3, 0.4) is 0 Å². The van der Waals surface area contributed by atoms with E-state index >= 15 is 0 Å². The van der Waals surface area contributed by atoms with Crippen LogP contribution in [0.25, 0.3) is 23.0 Å². The molecule has 1 aliphatic heterocycles. The highest BCUT2D eigenvalue weighted by molar-refractivity contribution is 9.10. The maximum Gasteiger partial charge on any atom is 0.262 e. The van der Waals surface area contributed by atoms with Gasteiger partial charge in [0.15, 0.2) is 0 Å². The predicted octanol–water partition coefficient (Wildman–Crippen LogP) is 3.66. The summed E-state index contributed by atoms with van der Waals surface area (Å²) in [7, 11) is 0. The number of nitriles is 1. The number of rotatable bonds is 7. The van der Waals surface area contributed by atoms with Gasteiger partial charge >= 0.3 is 0 Å². The van der Waals surface area contributed by atoms with Crippen molar-refractivity contribution in [3.63, 3.8) is 0 Å². The van der Waals surface area contributed by atoms with E-state index in [1.807, 2.05) is 66.9 Å². The molecular formula is C25H24BrN5O2. The van der Waals surface area contributed by atoms with Gasteiger partial charge in [0.2, 0.25) is 0 Å². The van der Waals surface area contributed by atoms with Gasteiger partial charge in [-0.1, -0.05) is 46.3 Å². The van der Waals surface area contributed by atoms with Crippen LogP contribution < -0.4 is 5.32 Å². The molecule has 0 bridgehead atoms.